The lowest BCUT2D eigenvalue weighted by Crippen LogP contribution is -2.30. The molecule has 0 fully saturated rings. The van der Waals surface area contributed by atoms with Gasteiger partial charge in [0.1, 0.15) is 11.6 Å². The minimum atomic E-state index is -3.89. The number of aryl methyl sites for hydroxylation is 1. The highest BCUT2D eigenvalue weighted by Gasteiger charge is 2.20. The van der Waals surface area contributed by atoms with Gasteiger partial charge in [0.25, 0.3) is 15.9 Å². The van der Waals surface area contributed by atoms with Crippen LogP contribution in [0.15, 0.2) is 76.4 Å². The number of hydrogen-bond acceptors (Lipinski definition) is 8. The fraction of sp³-hybridized carbons (Fsp3) is 0.130. The first-order valence-corrected chi connectivity index (χ1v) is 11.9. The predicted molar refractivity (Wildman–Crippen MR) is 126 cm³/mol. The van der Waals surface area contributed by atoms with Crippen molar-refractivity contribution in [1.82, 2.24) is 15.1 Å². The Bertz CT molecular complexity index is 1430. The number of nitrogens with one attached hydrogen (secondary N) is 3. The Morgan fingerprint density at radius 2 is 1.80 bits per heavy atom. The SMILES string of the molecule is Cc1cc(NS(=O)(=O)c2ccc(NC(=O)C(C)OC(=O)c3ccc(-c4ncc[nH]4)cc3)cc2)no1. The van der Waals surface area contributed by atoms with Gasteiger partial charge in [-0.3, -0.25) is 9.52 Å². The molecular weight excluding hydrogens is 474 g/mol. The van der Waals surface area contributed by atoms with Gasteiger partial charge in [-0.1, -0.05) is 17.3 Å². The molecule has 0 aliphatic rings. The van der Waals surface area contributed by atoms with Gasteiger partial charge in [-0.05, 0) is 50.2 Å². The summed E-state index contributed by atoms with van der Waals surface area (Å²) in [6.45, 7) is 3.08. The van der Waals surface area contributed by atoms with Crippen LogP contribution in [0.1, 0.15) is 23.0 Å². The summed E-state index contributed by atoms with van der Waals surface area (Å²) in [5.41, 5.74) is 1.41. The van der Waals surface area contributed by atoms with Gasteiger partial charge in [0, 0.05) is 29.7 Å². The van der Waals surface area contributed by atoms with E-state index in [2.05, 4.69) is 25.2 Å². The zero-order valence-corrected chi connectivity index (χ0v) is 19.5. The van der Waals surface area contributed by atoms with Crippen LogP contribution in [-0.2, 0) is 19.6 Å². The number of ether oxygens (including phenoxy) is 1. The molecule has 1 atom stereocenters. The van der Waals surface area contributed by atoms with Crippen molar-refractivity contribution in [1.29, 1.82) is 0 Å². The van der Waals surface area contributed by atoms with Gasteiger partial charge in [-0.2, -0.15) is 0 Å². The third-order valence-electron chi connectivity index (χ3n) is 4.84. The molecule has 12 heteroatoms. The van der Waals surface area contributed by atoms with Crippen molar-refractivity contribution < 1.29 is 27.3 Å². The standard InChI is InChI=1S/C23H21N5O6S/c1-14-13-20(27-34-14)28-35(31,32)19-9-7-18(8-10-19)26-22(29)15(2)33-23(30)17-5-3-16(4-6-17)21-24-11-12-25-21/h3-13,15H,1-2H3,(H,24,25)(H,26,29)(H,27,28). The second-order valence-corrected chi connectivity index (χ2v) is 9.19. The van der Waals surface area contributed by atoms with Crippen LogP contribution in [0.2, 0.25) is 0 Å². The van der Waals surface area contributed by atoms with Crippen LogP contribution in [0.25, 0.3) is 11.4 Å². The average Bonchev–Trinajstić information content (AvgIpc) is 3.51. The van der Waals surface area contributed by atoms with E-state index in [9.17, 15) is 18.0 Å². The van der Waals surface area contributed by atoms with E-state index in [0.717, 1.165) is 5.56 Å². The molecule has 35 heavy (non-hydrogen) atoms. The number of anilines is 2. The fourth-order valence-corrected chi connectivity index (χ4v) is 4.03. The number of rotatable bonds is 8. The van der Waals surface area contributed by atoms with Crippen LogP contribution >= 0.6 is 0 Å². The van der Waals surface area contributed by atoms with Crippen LogP contribution in [-0.4, -0.2) is 41.5 Å². The molecule has 4 aromatic rings. The molecule has 180 valence electrons. The molecule has 0 aliphatic heterocycles. The number of carbonyl (C=O) groups is 2. The number of hydrogen-bond donors (Lipinski definition) is 3. The summed E-state index contributed by atoms with van der Waals surface area (Å²) >= 11 is 0. The van der Waals surface area contributed by atoms with Crippen LogP contribution in [0.4, 0.5) is 11.5 Å². The zero-order valence-electron chi connectivity index (χ0n) is 18.7. The first-order valence-electron chi connectivity index (χ1n) is 10.4. The fourth-order valence-electron chi connectivity index (χ4n) is 3.04. The Labute approximate surface area is 200 Å². The van der Waals surface area contributed by atoms with E-state index < -0.39 is 28.0 Å². The summed E-state index contributed by atoms with van der Waals surface area (Å²) in [4.78, 5) is 32.0. The van der Waals surface area contributed by atoms with E-state index >= 15 is 0 Å². The lowest BCUT2D eigenvalue weighted by Gasteiger charge is -2.14. The number of H-pyrrole nitrogens is 1. The van der Waals surface area contributed by atoms with E-state index in [-0.39, 0.29) is 16.3 Å². The van der Waals surface area contributed by atoms with E-state index in [4.69, 9.17) is 9.26 Å². The summed E-state index contributed by atoms with van der Waals surface area (Å²) in [6.07, 6.45) is 2.23. The molecule has 4 rings (SSSR count). The van der Waals surface area contributed by atoms with Crippen LogP contribution < -0.4 is 10.0 Å². The second kappa shape index (κ2) is 9.81. The van der Waals surface area contributed by atoms with E-state index in [1.165, 1.54) is 37.3 Å². The maximum atomic E-state index is 12.5. The largest absolute Gasteiger partial charge is 0.449 e. The molecule has 1 amide bonds. The van der Waals surface area contributed by atoms with Crippen LogP contribution in [0.3, 0.4) is 0 Å². The molecule has 0 radical (unpaired) electrons. The van der Waals surface area contributed by atoms with E-state index in [1.807, 2.05) is 0 Å². The third-order valence-corrected chi connectivity index (χ3v) is 6.21. The summed E-state index contributed by atoms with van der Waals surface area (Å²) < 4.78 is 37.3. The summed E-state index contributed by atoms with van der Waals surface area (Å²) in [5.74, 6) is -0.0419. The van der Waals surface area contributed by atoms with Gasteiger partial charge < -0.3 is 19.6 Å². The maximum Gasteiger partial charge on any atom is 0.338 e. The van der Waals surface area contributed by atoms with Crippen LogP contribution in [0, 0.1) is 6.92 Å². The molecule has 1 unspecified atom stereocenters. The van der Waals surface area contributed by atoms with Gasteiger partial charge in [0.2, 0.25) is 0 Å². The van der Waals surface area contributed by atoms with E-state index in [0.29, 0.717) is 17.3 Å². The van der Waals surface area contributed by atoms with Crippen molar-refractivity contribution in [3.63, 3.8) is 0 Å². The molecule has 2 aromatic heterocycles. The lowest BCUT2D eigenvalue weighted by molar-refractivity contribution is -0.123. The number of aromatic nitrogens is 3. The lowest BCUT2D eigenvalue weighted by atomic mass is 10.1. The van der Waals surface area contributed by atoms with Gasteiger partial charge in [0.05, 0.1) is 10.5 Å². The topological polar surface area (TPSA) is 156 Å². The number of esters is 1. The van der Waals surface area contributed by atoms with Gasteiger partial charge in [-0.25, -0.2) is 18.2 Å². The van der Waals surface area contributed by atoms with Gasteiger partial charge in [0.15, 0.2) is 11.9 Å². The number of aromatic amines is 1. The third kappa shape index (κ3) is 5.73. The smallest absolute Gasteiger partial charge is 0.338 e. The first-order chi connectivity index (χ1) is 16.7. The van der Waals surface area contributed by atoms with Crippen molar-refractivity contribution in [2.45, 2.75) is 24.8 Å². The minimum Gasteiger partial charge on any atom is -0.449 e. The molecule has 3 N–H and O–H groups in total. The van der Waals surface area contributed by atoms with Crippen molar-refractivity contribution in [3.05, 3.63) is 78.3 Å². The first kappa shape index (κ1) is 23.7. The monoisotopic (exact) mass is 495 g/mol. The van der Waals surface area contributed by atoms with Gasteiger partial charge >= 0.3 is 5.97 Å². The Morgan fingerprint density at radius 3 is 2.40 bits per heavy atom. The van der Waals surface area contributed by atoms with Crippen molar-refractivity contribution >= 4 is 33.4 Å². The number of amides is 1. The van der Waals surface area contributed by atoms with E-state index in [1.54, 1.807) is 43.6 Å². The van der Waals surface area contributed by atoms with Crippen molar-refractivity contribution in [2.24, 2.45) is 0 Å². The van der Waals surface area contributed by atoms with Crippen molar-refractivity contribution in [2.75, 3.05) is 10.0 Å². The zero-order chi connectivity index (χ0) is 25.0. The Hall–Kier alpha value is -4.45. The quantitative estimate of drug-likeness (QED) is 0.314. The second-order valence-electron chi connectivity index (χ2n) is 7.50. The highest BCUT2D eigenvalue weighted by atomic mass is 32.2. The highest BCUT2D eigenvalue weighted by Crippen LogP contribution is 2.19. The average molecular weight is 496 g/mol. The molecule has 0 aliphatic carbocycles. The summed E-state index contributed by atoms with van der Waals surface area (Å²) in [5, 5.41) is 6.18. The van der Waals surface area contributed by atoms with Crippen LogP contribution in [0.5, 0.6) is 0 Å². The molecule has 2 heterocycles. The molecule has 2 aromatic carbocycles. The number of sulfonamides is 1. The maximum absolute atomic E-state index is 12.5. The molecular formula is C23H21N5O6S. The number of imidazole rings is 1. The highest BCUT2D eigenvalue weighted by molar-refractivity contribution is 7.92. The molecule has 0 spiro atoms. The van der Waals surface area contributed by atoms with Gasteiger partial charge in [-0.15, -0.1) is 0 Å². The molecule has 0 bridgehead atoms. The number of carbonyl (C=O) groups excluding carboxylic acids is 2. The number of benzene rings is 2. The Kier molecular flexibility index (Phi) is 6.64. The number of nitrogens with zero attached hydrogens (tertiary/aromatic N) is 2. The summed E-state index contributed by atoms with van der Waals surface area (Å²) in [7, 11) is -3.89. The normalized spacial score (nSPS) is 12.1. The summed E-state index contributed by atoms with van der Waals surface area (Å²) in [6, 6.07) is 13.5. The minimum absolute atomic E-state index is 0.0337. The van der Waals surface area contributed by atoms with Crippen molar-refractivity contribution in [3.8, 4) is 11.4 Å². The molecule has 0 saturated heterocycles. The molecule has 11 nitrogen and oxygen atoms in total. The molecule has 0 saturated carbocycles. The Balaban J connectivity index is 1.33. The predicted octanol–water partition coefficient (Wildman–Crippen LogP) is 3.36. The Morgan fingerprint density at radius 1 is 1.09 bits per heavy atom.